The average molecular weight is 364 g/mol. The number of halogens is 1. The number of ether oxygens (including phenoxy) is 1. The third kappa shape index (κ3) is 4.88. The summed E-state index contributed by atoms with van der Waals surface area (Å²) in [6, 6.07) is 6.08. The lowest BCUT2D eigenvalue weighted by Gasteiger charge is -2.21. The minimum atomic E-state index is -3.32. The van der Waals surface area contributed by atoms with Crippen LogP contribution in [0.2, 0.25) is 0 Å². The molecule has 0 aromatic heterocycles. The molecule has 0 unspecified atom stereocenters. The lowest BCUT2D eigenvalue weighted by atomic mass is 10.2. The quantitative estimate of drug-likeness (QED) is 0.689. The standard InChI is InChI=1S/C13H18BrNO4S/c1-19-9-8-15(7-6-14)13(16)11-4-3-5-12(10-11)20(2,17)18/h3-5,10H,6-9H2,1-2H3. The summed E-state index contributed by atoms with van der Waals surface area (Å²) >= 11 is 3.30. The van der Waals surface area contributed by atoms with Crippen LogP contribution in [0.5, 0.6) is 0 Å². The van der Waals surface area contributed by atoms with E-state index in [0.29, 0.717) is 30.6 Å². The van der Waals surface area contributed by atoms with E-state index in [0.717, 1.165) is 6.26 Å². The molecule has 5 nitrogen and oxygen atoms in total. The molecule has 0 fully saturated rings. The first kappa shape index (κ1) is 17.1. The van der Waals surface area contributed by atoms with Gasteiger partial charge in [0.1, 0.15) is 0 Å². The number of nitrogens with zero attached hydrogens (tertiary/aromatic N) is 1. The van der Waals surface area contributed by atoms with Crippen molar-refractivity contribution in [3.8, 4) is 0 Å². The Labute approximate surface area is 128 Å². The fourth-order valence-corrected chi connectivity index (χ4v) is 2.76. The highest BCUT2D eigenvalue weighted by Crippen LogP contribution is 2.13. The van der Waals surface area contributed by atoms with Gasteiger partial charge in [-0.25, -0.2) is 8.42 Å². The van der Waals surface area contributed by atoms with E-state index in [2.05, 4.69) is 15.9 Å². The highest BCUT2D eigenvalue weighted by Gasteiger charge is 2.17. The molecule has 20 heavy (non-hydrogen) atoms. The molecule has 112 valence electrons. The molecule has 0 heterocycles. The first-order chi connectivity index (χ1) is 9.40. The van der Waals surface area contributed by atoms with Crippen LogP contribution in [0.4, 0.5) is 0 Å². The monoisotopic (exact) mass is 363 g/mol. The topological polar surface area (TPSA) is 63.7 Å². The molecule has 0 radical (unpaired) electrons. The van der Waals surface area contributed by atoms with Crippen molar-refractivity contribution in [2.75, 3.05) is 38.4 Å². The second kappa shape index (κ2) is 7.75. The fourth-order valence-electron chi connectivity index (χ4n) is 1.66. The van der Waals surface area contributed by atoms with E-state index >= 15 is 0 Å². The number of carbonyl (C=O) groups excluding carboxylic acids is 1. The molecule has 0 bridgehead atoms. The number of carbonyl (C=O) groups is 1. The number of hydrogen-bond acceptors (Lipinski definition) is 4. The van der Waals surface area contributed by atoms with Crippen LogP contribution >= 0.6 is 15.9 Å². The molecule has 0 aliphatic heterocycles. The molecule has 0 spiro atoms. The van der Waals surface area contributed by atoms with Gasteiger partial charge in [-0.3, -0.25) is 4.79 Å². The number of amides is 1. The smallest absolute Gasteiger partial charge is 0.254 e. The Morgan fingerprint density at radius 3 is 2.60 bits per heavy atom. The van der Waals surface area contributed by atoms with Crippen molar-refractivity contribution in [1.29, 1.82) is 0 Å². The van der Waals surface area contributed by atoms with Crippen molar-refractivity contribution in [1.82, 2.24) is 4.90 Å². The summed E-state index contributed by atoms with van der Waals surface area (Å²) in [6.45, 7) is 1.43. The average Bonchev–Trinajstić information content (AvgIpc) is 2.42. The largest absolute Gasteiger partial charge is 0.383 e. The van der Waals surface area contributed by atoms with E-state index in [1.54, 1.807) is 24.1 Å². The number of alkyl halides is 1. The molecular formula is C13H18BrNO4S. The van der Waals surface area contributed by atoms with E-state index in [1.807, 2.05) is 0 Å². The molecule has 1 amide bonds. The molecule has 0 atom stereocenters. The van der Waals surface area contributed by atoms with Crippen LogP contribution in [0.25, 0.3) is 0 Å². The number of methoxy groups -OCH3 is 1. The Bertz CT molecular complexity index is 559. The molecule has 1 aromatic rings. The maximum absolute atomic E-state index is 12.4. The highest BCUT2D eigenvalue weighted by molar-refractivity contribution is 9.09. The normalized spacial score (nSPS) is 11.3. The van der Waals surface area contributed by atoms with E-state index in [9.17, 15) is 13.2 Å². The maximum atomic E-state index is 12.4. The number of sulfone groups is 1. The van der Waals surface area contributed by atoms with E-state index in [1.165, 1.54) is 12.1 Å². The third-order valence-corrected chi connectivity index (χ3v) is 4.18. The predicted octanol–water partition coefficient (Wildman–Crippen LogP) is 1.57. The molecule has 0 aliphatic rings. The summed E-state index contributed by atoms with van der Waals surface area (Å²) in [5.41, 5.74) is 0.366. The van der Waals surface area contributed by atoms with Gasteiger partial charge in [0.2, 0.25) is 0 Å². The van der Waals surface area contributed by atoms with Crippen LogP contribution in [0.15, 0.2) is 29.2 Å². The van der Waals surface area contributed by atoms with E-state index in [-0.39, 0.29) is 10.8 Å². The van der Waals surface area contributed by atoms with Gasteiger partial charge < -0.3 is 9.64 Å². The van der Waals surface area contributed by atoms with Crippen LogP contribution in [-0.4, -0.2) is 57.6 Å². The highest BCUT2D eigenvalue weighted by atomic mass is 79.9. The van der Waals surface area contributed by atoms with Crippen molar-refractivity contribution in [3.63, 3.8) is 0 Å². The second-order valence-electron chi connectivity index (χ2n) is 4.27. The first-order valence-corrected chi connectivity index (χ1v) is 9.05. The fraction of sp³-hybridized carbons (Fsp3) is 0.462. The van der Waals surface area contributed by atoms with Gasteiger partial charge in [-0.2, -0.15) is 0 Å². The lowest BCUT2D eigenvalue weighted by molar-refractivity contribution is 0.0708. The van der Waals surface area contributed by atoms with Gasteiger partial charge >= 0.3 is 0 Å². The lowest BCUT2D eigenvalue weighted by Crippen LogP contribution is -2.35. The van der Waals surface area contributed by atoms with Gasteiger partial charge in [0.25, 0.3) is 5.91 Å². The van der Waals surface area contributed by atoms with E-state index < -0.39 is 9.84 Å². The Hall–Kier alpha value is -0.920. The zero-order chi connectivity index (χ0) is 15.2. The van der Waals surface area contributed by atoms with Gasteiger partial charge in [-0.05, 0) is 18.2 Å². The van der Waals surface area contributed by atoms with Crippen molar-refractivity contribution in [3.05, 3.63) is 29.8 Å². The van der Waals surface area contributed by atoms with Gasteiger partial charge in [-0.15, -0.1) is 0 Å². The first-order valence-electron chi connectivity index (χ1n) is 6.04. The van der Waals surface area contributed by atoms with Gasteiger partial charge in [0.15, 0.2) is 9.84 Å². The van der Waals surface area contributed by atoms with Gasteiger partial charge in [0, 0.05) is 37.3 Å². The molecule has 0 aliphatic carbocycles. The Balaban J connectivity index is 2.99. The van der Waals surface area contributed by atoms with Crippen LogP contribution in [0.1, 0.15) is 10.4 Å². The molecule has 1 aromatic carbocycles. The Kier molecular flexibility index (Phi) is 6.64. The second-order valence-corrected chi connectivity index (χ2v) is 7.08. The Morgan fingerprint density at radius 2 is 2.05 bits per heavy atom. The van der Waals surface area contributed by atoms with E-state index in [4.69, 9.17) is 4.74 Å². The third-order valence-electron chi connectivity index (χ3n) is 2.72. The number of benzene rings is 1. The maximum Gasteiger partial charge on any atom is 0.254 e. The number of rotatable bonds is 7. The minimum Gasteiger partial charge on any atom is -0.383 e. The summed E-state index contributed by atoms with van der Waals surface area (Å²) in [5.74, 6) is -0.202. The van der Waals surface area contributed by atoms with Crippen molar-refractivity contribution in [2.24, 2.45) is 0 Å². The molecule has 0 saturated heterocycles. The van der Waals surface area contributed by atoms with Crippen LogP contribution in [0.3, 0.4) is 0 Å². The van der Waals surface area contributed by atoms with Gasteiger partial charge in [0.05, 0.1) is 11.5 Å². The zero-order valence-corrected chi connectivity index (χ0v) is 13.9. The van der Waals surface area contributed by atoms with Crippen LogP contribution in [-0.2, 0) is 14.6 Å². The summed E-state index contributed by atoms with van der Waals surface area (Å²) in [5, 5.41) is 0.647. The number of hydrogen-bond donors (Lipinski definition) is 0. The summed E-state index contributed by atoms with van der Waals surface area (Å²) in [6.07, 6.45) is 1.12. The Morgan fingerprint density at radius 1 is 1.35 bits per heavy atom. The molecule has 0 saturated carbocycles. The van der Waals surface area contributed by atoms with Crippen LogP contribution < -0.4 is 0 Å². The van der Waals surface area contributed by atoms with Crippen molar-refractivity contribution >= 4 is 31.7 Å². The zero-order valence-electron chi connectivity index (χ0n) is 11.5. The summed E-state index contributed by atoms with van der Waals surface area (Å²) < 4.78 is 28.0. The molecule has 7 heteroatoms. The minimum absolute atomic E-state index is 0.147. The molecular weight excluding hydrogens is 346 g/mol. The summed E-state index contributed by atoms with van der Waals surface area (Å²) in [4.78, 5) is 14.1. The molecule has 1 rings (SSSR count). The predicted molar refractivity (Wildman–Crippen MR) is 81.1 cm³/mol. The van der Waals surface area contributed by atoms with Crippen molar-refractivity contribution < 1.29 is 17.9 Å². The summed E-state index contributed by atoms with van der Waals surface area (Å²) in [7, 11) is -1.75. The molecule has 0 N–H and O–H groups in total. The SMILES string of the molecule is COCCN(CCBr)C(=O)c1cccc(S(C)(=O)=O)c1. The van der Waals surface area contributed by atoms with Crippen molar-refractivity contribution in [2.45, 2.75) is 4.90 Å². The van der Waals surface area contributed by atoms with Gasteiger partial charge in [-0.1, -0.05) is 22.0 Å². The van der Waals surface area contributed by atoms with Crippen LogP contribution in [0, 0.1) is 0 Å².